The second-order valence-corrected chi connectivity index (χ2v) is 7.00. The Kier molecular flexibility index (Phi) is 4.43. The SMILES string of the molecule is CN(CC(=O)O)C(=O)C(C)(C)c1csc(-c2cccs2)n1. The first-order chi connectivity index (χ1) is 9.82. The van der Waals surface area contributed by atoms with Crippen LogP contribution in [-0.2, 0) is 15.0 Å². The largest absolute Gasteiger partial charge is 0.480 e. The van der Waals surface area contributed by atoms with Crippen LogP contribution in [0.2, 0.25) is 0 Å². The number of rotatable bonds is 5. The lowest BCUT2D eigenvalue weighted by atomic mass is 9.88. The summed E-state index contributed by atoms with van der Waals surface area (Å²) < 4.78 is 0. The minimum atomic E-state index is -1.03. The molecule has 0 fully saturated rings. The summed E-state index contributed by atoms with van der Waals surface area (Å²) in [4.78, 5) is 30.0. The van der Waals surface area contributed by atoms with Crippen molar-refractivity contribution in [1.29, 1.82) is 0 Å². The highest BCUT2D eigenvalue weighted by atomic mass is 32.1. The van der Waals surface area contributed by atoms with Crippen molar-refractivity contribution in [3.8, 4) is 9.88 Å². The maximum absolute atomic E-state index is 12.4. The van der Waals surface area contributed by atoms with E-state index in [1.807, 2.05) is 22.9 Å². The van der Waals surface area contributed by atoms with Crippen LogP contribution < -0.4 is 0 Å². The molecule has 0 bridgehead atoms. The zero-order valence-corrected chi connectivity index (χ0v) is 13.6. The highest BCUT2D eigenvalue weighted by molar-refractivity contribution is 7.20. The van der Waals surface area contributed by atoms with Gasteiger partial charge in [-0.05, 0) is 25.3 Å². The van der Waals surface area contributed by atoms with Gasteiger partial charge in [-0.2, -0.15) is 0 Å². The van der Waals surface area contributed by atoms with E-state index in [9.17, 15) is 9.59 Å². The summed E-state index contributed by atoms with van der Waals surface area (Å²) in [6.07, 6.45) is 0. The Morgan fingerprint density at radius 3 is 2.67 bits per heavy atom. The molecule has 2 aromatic heterocycles. The molecule has 0 atom stereocenters. The fourth-order valence-electron chi connectivity index (χ4n) is 1.94. The van der Waals surface area contributed by atoms with Crippen molar-refractivity contribution in [3.05, 3.63) is 28.6 Å². The van der Waals surface area contributed by atoms with Gasteiger partial charge in [-0.1, -0.05) is 6.07 Å². The molecule has 112 valence electrons. The number of hydrogen-bond donors (Lipinski definition) is 1. The molecule has 0 aromatic carbocycles. The van der Waals surface area contributed by atoms with Gasteiger partial charge in [-0.25, -0.2) is 4.98 Å². The first-order valence-electron chi connectivity index (χ1n) is 6.29. The summed E-state index contributed by atoms with van der Waals surface area (Å²) in [5, 5.41) is 13.5. The van der Waals surface area contributed by atoms with Crippen LogP contribution in [0.4, 0.5) is 0 Å². The molecular formula is C14H16N2O3S2. The van der Waals surface area contributed by atoms with Crippen LogP contribution in [0.5, 0.6) is 0 Å². The van der Waals surface area contributed by atoms with Gasteiger partial charge in [0.15, 0.2) is 0 Å². The number of amides is 1. The van der Waals surface area contributed by atoms with Crippen LogP contribution in [0.1, 0.15) is 19.5 Å². The summed E-state index contributed by atoms with van der Waals surface area (Å²) in [6.45, 7) is 3.21. The van der Waals surface area contributed by atoms with Crippen molar-refractivity contribution in [2.24, 2.45) is 0 Å². The Balaban J connectivity index is 2.23. The van der Waals surface area contributed by atoms with Crippen molar-refractivity contribution in [2.75, 3.05) is 13.6 Å². The summed E-state index contributed by atoms with van der Waals surface area (Å²) in [6, 6.07) is 3.94. The fraction of sp³-hybridized carbons (Fsp3) is 0.357. The van der Waals surface area contributed by atoms with Crippen LogP contribution in [0.15, 0.2) is 22.9 Å². The number of aliphatic carboxylic acids is 1. The predicted octanol–water partition coefficient (Wildman–Crippen LogP) is 2.69. The van der Waals surface area contributed by atoms with Crippen molar-refractivity contribution in [2.45, 2.75) is 19.3 Å². The van der Waals surface area contributed by atoms with E-state index in [0.29, 0.717) is 5.69 Å². The topological polar surface area (TPSA) is 70.5 Å². The van der Waals surface area contributed by atoms with E-state index in [1.54, 1.807) is 25.2 Å². The predicted molar refractivity (Wildman–Crippen MR) is 83.7 cm³/mol. The maximum Gasteiger partial charge on any atom is 0.323 e. The van der Waals surface area contributed by atoms with Gasteiger partial charge in [-0.3, -0.25) is 9.59 Å². The number of hydrogen-bond acceptors (Lipinski definition) is 5. The standard InChI is InChI=1S/C14H16N2O3S2/c1-14(2,13(19)16(3)7-11(17)18)10-8-21-12(15-10)9-5-4-6-20-9/h4-6,8H,7H2,1-3H3,(H,17,18). The molecule has 0 aliphatic heterocycles. The molecule has 0 saturated carbocycles. The minimum absolute atomic E-state index is 0.257. The Morgan fingerprint density at radius 2 is 2.10 bits per heavy atom. The monoisotopic (exact) mass is 324 g/mol. The van der Waals surface area contributed by atoms with Crippen molar-refractivity contribution in [1.82, 2.24) is 9.88 Å². The van der Waals surface area contributed by atoms with Crippen LogP contribution in [-0.4, -0.2) is 40.5 Å². The molecule has 2 aromatic rings. The second kappa shape index (κ2) is 5.95. The van der Waals surface area contributed by atoms with Gasteiger partial charge in [-0.15, -0.1) is 22.7 Å². The number of carbonyl (C=O) groups excluding carboxylic acids is 1. The minimum Gasteiger partial charge on any atom is -0.480 e. The third kappa shape index (κ3) is 3.30. The highest BCUT2D eigenvalue weighted by Gasteiger charge is 2.35. The Labute approximate surface area is 130 Å². The normalized spacial score (nSPS) is 11.4. The molecule has 0 spiro atoms. The second-order valence-electron chi connectivity index (χ2n) is 5.20. The molecule has 0 saturated heterocycles. The van der Waals surface area contributed by atoms with E-state index in [-0.39, 0.29) is 12.5 Å². The number of nitrogens with zero attached hydrogens (tertiary/aromatic N) is 2. The van der Waals surface area contributed by atoms with Gasteiger partial charge in [0.2, 0.25) is 5.91 Å². The van der Waals surface area contributed by atoms with E-state index in [0.717, 1.165) is 9.88 Å². The summed E-state index contributed by atoms with van der Waals surface area (Å²) in [5.41, 5.74) is -0.186. The Bertz CT molecular complexity index is 647. The number of carbonyl (C=O) groups is 2. The Morgan fingerprint density at radius 1 is 1.38 bits per heavy atom. The molecular weight excluding hydrogens is 308 g/mol. The fourth-order valence-corrected chi connectivity index (χ4v) is 3.74. The van der Waals surface area contributed by atoms with E-state index < -0.39 is 11.4 Å². The Hall–Kier alpha value is -1.73. The molecule has 2 heterocycles. The van der Waals surface area contributed by atoms with Crippen LogP contribution in [0.3, 0.4) is 0 Å². The van der Waals surface area contributed by atoms with Gasteiger partial charge < -0.3 is 10.0 Å². The first kappa shape index (κ1) is 15.7. The van der Waals surface area contributed by atoms with E-state index in [4.69, 9.17) is 5.11 Å². The van der Waals surface area contributed by atoms with Crippen LogP contribution >= 0.6 is 22.7 Å². The average molecular weight is 324 g/mol. The summed E-state index contributed by atoms with van der Waals surface area (Å²) in [5.74, 6) is -1.29. The van der Waals surface area contributed by atoms with Gasteiger partial charge in [0, 0.05) is 12.4 Å². The number of aromatic nitrogens is 1. The number of carboxylic acid groups (broad SMARTS) is 1. The van der Waals surface area contributed by atoms with Crippen molar-refractivity contribution in [3.63, 3.8) is 0 Å². The molecule has 2 rings (SSSR count). The van der Waals surface area contributed by atoms with Crippen LogP contribution in [0.25, 0.3) is 9.88 Å². The van der Waals surface area contributed by atoms with E-state index >= 15 is 0 Å². The third-order valence-electron chi connectivity index (χ3n) is 3.13. The molecule has 1 amide bonds. The molecule has 0 radical (unpaired) electrons. The summed E-state index contributed by atoms with van der Waals surface area (Å²) >= 11 is 3.09. The van der Waals surface area contributed by atoms with Gasteiger partial charge >= 0.3 is 5.97 Å². The first-order valence-corrected chi connectivity index (χ1v) is 8.05. The molecule has 7 heteroatoms. The number of thiazole rings is 1. The third-order valence-corrected chi connectivity index (χ3v) is 5.01. The van der Waals surface area contributed by atoms with Gasteiger partial charge in [0.25, 0.3) is 0 Å². The molecule has 0 aliphatic carbocycles. The molecule has 0 unspecified atom stereocenters. The highest BCUT2D eigenvalue weighted by Crippen LogP contribution is 2.33. The lowest BCUT2D eigenvalue weighted by Crippen LogP contribution is -2.43. The maximum atomic E-state index is 12.4. The zero-order chi connectivity index (χ0) is 15.6. The molecule has 0 aliphatic rings. The lowest BCUT2D eigenvalue weighted by Gasteiger charge is -2.27. The summed E-state index contributed by atoms with van der Waals surface area (Å²) in [7, 11) is 1.49. The molecule has 5 nitrogen and oxygen atoms in total. The molecule has 21 heavy (non-hydrogen) atoms. The number of carboxylic acids is 1. The zero-order valence-electron chi connectivity index (χ0n) is 12.0. The van der Waals surface area contributed by atoms with Gasteiger partial charge in [0.05, 0.1) is 16.0 Å². The van der Waals surface area contributed by atoms with Crippen molar-refractivity contribution < 1.29 is 14.7 Å². The molecule has 1 N–H and O–H groups in total. The quantitative estimate of drug-likeness (QED) is 0.918. The van der Waals surface area contributed by atoms with Crippen molar-refractivity contribution >= 4 is 34.6 Å². The number of likely N-dealkylation sites (N-methyl/N-ethyl adjacent to an activating group) is 1. The van der Waals surface area contributed by atoms with Crippen LogP contribution in [0, 0.1) is 0 Å². The average Bonchev–Trinajstić information content (AvgIpc) is 3.07. The van der Waals surface area contributed by atoms with E-state index in [2.05, 4.69) is 4.98 Å². The lowest BCUT2D eigenvalue weighted by molar-refractivity contribution is -0.145. The van der Waals surface area contributed by atoms with Gasteiger partial charge in [0.1, 0.15) is 11.6 Å². The van der Waals surface area contributed by atoms with E-state index in [1.165, 1.54) is 23.3 Å². The smallest absolute Gasteiger partial charge is 0.323 e. The number of thiophene rings is 1.